The van der Waals surface area contributed by atoms with Crippen molar-refractivity contribution in [3.05, 3.63) is 36.5 Å². The van der Waals surface area contributed by atoms with E-state index in [0.717, 1.165) is 38.5 Å². The SMILES string of the molecule is CCCCCCCCC/C=C/CC/C=C/C(O)C(COC1OC(CO)C(OC2OC(CO)C(OC3OC(CO)C(O)C(O)C3O)C(O)C2O)C(O)C1O)NC(=O)CCCCCCCCCCCCCCCCC/C=C\CCCCCCCCCC. The Kier molecular flexibility index (Phi) is 44.4. The summed E-state index contributed by atoms with van der Waals surface area (Å²) in [5, 5.41) is 120. The maximum atomic E-state index is 13.4. The third-order valence-corrected chi connectivity index (χ3v) is 16.9. The van der Waals surface area contributed by atoms with Gasteiger partial charge in [0, 0.05) is 6.42 Å². The van der Waals surface area contributed by atoms with Crippen LogP contribution in [-0.2, 0) is 33.2 Å². The van der Waals surface area contributed by atoms with Gasteiger partial charge in [0.15, 0.2) is 18.9 Å². The maximum absolute atomic E-state index is 13.4. The van der Waals surface area contributed by atoms with Crippen LogP contribution in [0.4, 0.5) is 0 Å². The third-order valence-electron chi connectivity index (χ3n) is 16.9. The molecule has 498 valence electrons. The van der Waals surface area contributed by atoms with Crippen molar-refractivity contribution in [1.29, 1.82) is 0 Å². The smallest absolute Gasteiger partial charge is 0.220 e. The summed E-state index contributed by atoms with van der Waals surface area (Å²) in [6.07, 6.45) is 28.5. The fourth-order valence-corrected chi connectivity index (χ4v) is 11.4. The molecule has 85 heavy (non-hydrogen) atoms. The van der Waals surface area contributed by atoms with Crippen LogP contribution in [0.2, 0.25) is 0 Å². The molecule has 17 atom stereocenters. The van der Waals surface area contributed by atoms with Crippen molar-refractivity contribution in [2.45, 2.75) is 349 Å². The van der Waals surface area contributed by atoms with E-state index < -0.39 is 124 Å². The third kappa shape index (κ3) is 31.5. The van der Waals surface area contributed by atoms with E-state index >= 15 is 0 Å². The molecule has 3 heterocycles. The molecule has 0 radical (unpaired) electrons. The number of allylic oxidation sites excluding steroid dienone is 5. The van der Waals surface area contributed by atoms with Gasteiger partial charge in [0.05, 0.1) is 38.6 Å². The Hall–Kier alpha value is -1.99. The van der Waals surface area contributed by atoms with Gasteiger partial charge in [0.2, 0.25) is 5.91 Å². The molecule has 3 saturated heterocycles. The summed E-state index contributed by atoms with van der Waals surface area (Å²) in [6.45, 7) is 1.70. The van der Waals surface area contributed by atoms with Crippen LogP contribution in [0.3, 0.4) is 0 Å². The lowest BCUT2D eigenvalue weighted by Gasteiger charge is -2.48. The molecule has 0 saturated carbocycles. The number of unbranched alkanes of at least 4 members (excludes halogenated alkanes) is 31. The van der Waals surface area contributed by atoms with Gasteiger partial charge in [-0.2, -0.15) is 0 Å². The van der Waals surface area contributed by atoms with Crippen LogP contribution < -0.4 is 5.32 Å². The van der Waals surface area contributed by atoms with Crippen LogP contribution in [-0.4, -0.2) is 193 Å². The summed E-state index contributed by atoms with van der Waals surface area (Å²) < 4.78 is 34.3. The highest BCUT2D eigenvalue weighted by Crippen LogP contribution is 2.33. The summed E-state index contributed by atoms with van der Waals surface area (Å²) in [6, 6.07) is -0.987. The highest BCUT2D eigenvalue weighted by atomic mass is 16.8. The number of ether oxygens (including phenoxy) is 6. The van der Waals surface area contributed by atoms with Crippen LogP contribution in [0.25, 0.3) is 0 Å². The van der Waals surface area contributed by atoms with Crippen molar-refractivity contribution in [2.75, 3.05) is 26.4 Å². The summed E-state index contributed by atoms with van der Waals surface area (Å²) in [7, 11) is 0. The van der Waals surface area contributed by atoms with Gasteiger partial charge < -0.3 is 89.9 Å². The van der Waals surface area contributed by atoms with Crippen LogP contribution in [0.5, 0.6) is 0 Å². The molecule has 3 aliphatic heterocycles. The van der Waals surface area contributed by atoms with E-state index in [9.17, 15) is 61.0 Å². The molecule has 0 spiro atoms. The van der Waals surface area contributed by atoms with Gasteiger partial charge in [-0.1, -0.05) is 217 Å². The van der Waals surface area contributed by atoms with E-state index in [0.29, 0.717) is 12.8 Å². The average molecular weight is 1220 g/mol. The Morgan fingerprint density at radius 1 is 0.412 bits per heavy atom. The van der Waals surface area contributed by atoms with Gasteiger partial charge in [-0.15, -0.1) is 0 Å². The molecule has 19 heteroatoms. The molecule has 3 aliphatic rings. The lowest BCUT2D eigenvalue weighted by Crippen LogP contribution is -2.66. The van der Waals surface area contributed by atoms with E-state index in [4.69, 9.17) is 28.4 Å². The summed E-state index contributed by atoms with van der Waals surface area (Å²) in [4.78, 5) is 13.4. The maximum Gasteiger partial charge on any atom is 0.220 e. The summed E-state index contributed by atoms with van der Waals surface area (Å²) >= 11 is 0. The Balaban J connectivity index is 1.41. The average Bonchev–Trinajstić information content (AvgIpc) is 3.07. The number of hydrogen-bond acceptors (Lipinski definition) is 18. The first-order chi connectivity index (χ1) is 41.3. The van der Waals surface area contributed by atoms with Crippen molar-refractivity contribution in [3.63, 3.8) is 0 Å². The molecular weight excluding hydrogens is 1090 g/mol. The lowest BCUT2D eigenvalue weighted by atomic mass is 9.96. The van der Waals surface area contributed by atoms with Gasteiger partial charge in [-0.3, -0.25) is 4.79 Å². The fourth-order valence-electron chi connectivity index (χ4n) is 11.4. The quantitative estimate of drug-likeness (QED) is 0.0202. The molecule has 0 aliphatic carbocycles. The first-order valence-electron chi connectivity index (χ1n) is 33.7. The van der Waals surface area contributed by atoms with Crippen molar-refractivity contribution >= 4 is 5.91 Å². The zero-order valence-electron chi connectivity index (χ0n) is 52.3. The van der Waals surface area contributed by atoms with Gasteiger partial charge in [-0.25, -0.2) is 0 Å². The first kappa shape index (κ1) is 77.3. The highest BCUT2D eigenvalue weighted by Gasteiger charge is 2.53. The predicted molar refractivity (Wildman–Crippen MR) is 328 cm³/mol. The Bertz CT molecular complexity index is 1690. The number of aliphatic hydroxyl groups excluding tert-OH is 11. The van der Waals surface area contributed by atoms with Crippen molar-refractivity contribution < 1.29 is 89.4 Å². The lowest BCUT2D eigenvalue weighted by molar-refractivity contribution is -0.379. The fraction of sp³-hybridized carbons (Fsp3) is 0.894. The molecule has 3 fully saturated rings. The molecule has 0 aromatic rings. The van der Waals surface area contributed by atoms with Crippen molar-refractivity contribution in [3.8, 4) is 0 Å². The minimum absolute atomic E-state index is 0.237. The topological polar surface area (TPSA) is 307 Å². The number of aliphatic hydroxyl groups is 11. The number of rotatable bonds is 51. The number of nitrogens with one attached hydrogen (secondary N) is 1. The minimum Gasteiger partial charge on any atom is -0.394 e. The van der Waals surface area contributed by atoms with Gasteiger partial charge >= 0.3 is 0 Å². The Labute approximate surface area is 511 Å². The van der Waals surface area contributed by atoms with Crippen molar-refractivity contribution in [2.24, 2.45) is 0 Å². The monoisotopic (exact) mass is 1220 g/mol. The normalized spacial score (nSPS) is 29.2. The second-order valence-electron chi connectivity index (χ2n) is 24.3. The standard InChI is InChI=1S/C66H121NO18/c1-3-5-7-9-11-13-15-17-18-19-20-21-22-23-24-25-26-27-28-29-30-32-34-36-38-40-42-44-54(72)67-49(50(71)43-41-39-37-35-33-31-16-14-12-10-8-6-4-2)48-80-64-60(78)57(75)62(52(46-69)82-64)85-66-61(79)58(76)63(53(47-70)83-66)84-65-59(77)56(74)55(73)51(45-68)81-65/h19-20,33,35,41,43,49-53,55-66,68-71,73-79H,3-18,21-32,34,36-40,42,44-48H2,1-2H3,(H,67,72)/b20-19-,35-33+,43-41+. The van der Waals surface area contributed by atoms with E-state index in [2.05, 4.69) is 43.5 Å². The van der Waals surface area contributed by atoms with Gasteiger partial charge in [-0.05, 0) is 57.8 Å². The van der Waals surface area contributed by atoms with Crippen molar-refractivity contribution in [1.82, 2.24) is 5.32 Å². The summed E-state index contributed by atoms with van der Waals surface area (Å²) in [5.41, 5.74) is 0. The molecule has 0 aromatic carbocycles. The van der Waals surface area contributed by atoms with E-state index in [-0.39, 0.29) is 18.9 Å². The van der Waals surface area contributed by atoms with Gasteiger partial charge in [0.1, 0.15) is 73.2 Å². The van der Waals surface area contributed by atoms with Gasteiger partial charge in [0.25, 0.3) is 0 Å². The number of carbonyl (C=O) groups excluding carboxylic acids is 1. The molecule has 19 nitrogen and oxygen atoms in total. The van der Waals surface area contributed by atoms with E-state index in [1.807, 2.05) is 6.08 Å². The van der Waals surface area contributed by atoms with E-state index in [1.54, 1.807) is 6.08 Å². The van der Waals surface area contributed by atoms with Crippen LogP contribution >= 0.6 is 0 Å². The molecule has 1 amide bonds. The molecule has 12 N–H and O–H groups in total. The zero-order valence-corrected chi connectivity index (χ0v) is 52.3. The second kappa shape index (κ2) is 48.8. The van der Waals surface area contributed by atoms with Crippen LogP contribution in [0.15, 0.2) is 36.5 Å². The van der Waals surface area contributed by atoms with E-state index in [1.165, 1.54) is 173 Å². The largest absolute Gasteiger partial charge is 0.394 e. The number of carbonyl (C=O) groups is 1. The molecule has 17 unspecified atom stereocenters. The van der Waals surface area contributed by atoms with Crippen LogP contribution in [0.1, 0.15) is 245 Å². The Morgan fingerprint density at radius 2 is 0.753 bits per heavy atom. The molecule has 0 aromatic heterocycles. The Morgan fingerprint density at radius 3 is 1.18 bits per heavy atom. The zero-order chi connectivity index (χ0) is 61.9. The minimum atomic E-state index is -1.98. The predicted octanol–water partition coefficient (Wildman–Crippen LogP) is 8.05. The highest BCUT2D eigenvalue weighted by molar-refractivity contribution is 5.76. The summed E-state index contributed by atoms with van der Waals surface area (Å²) in [5.74, 6) is -0.284. The second-order valence-corrected chi connectivity index (χ2v) is 24.3. The molecule has 3 rings (SSSR count). The van der Waals surface area contributed by atoms with Crippen LogP contribution in [0, 0.1) is 0 Å². The molecule has 0 bridgehead atoms. The molecular formula is C66H121NO18. The number of amides is 1. The first-order valence-corrected chi connectivity index (χ1v) is 33.7. The number of hydrogen-bond donors (Lipinski definition) is 12.